The van der Waals surface area contributed by atoms with Crippen LogP contribution in [-0.2, 0) is 11.3 Å². The molecule has 7 heteroatoms. The lowest BCUT2D eigenvalue weighted by Crippen LogP contribution is -2.55. The molecule has 0 radical (unpaired) electrons. The Morgan fingerprint density at radius 1 is 0.931 bits per heavy atom. The largest absolute Gasteiger partial charge is 0.338 e. The minimum Gasteiger partial charge on any atom is -0.338 e. The van der Waals surface area contributed by atoms with Gasteiger partial charge in [0.2, 0.25) is 5.91 Å². The van der Waals surface area contributed by atoms with E-state index in [0.717, 1.165) is 24.5 Å². The molecule has 1 unspecified atom stereocenters. The van der Waals surface area contributed by atoms with Gasteiger partial charge in [-0.2, -0.15) is 0 Å². The predicted molar refractivity (Wildman–Crippen MR) is 110 cm³/mol. The highest BCUT2D eigenvalue weighted by Crippen LogP contribution is 2.25. The molecule has 6 nitrogen and oxygen atoms in total. The van der Waals surface area contributed by atoms with Gasteiger partial charge in [0, 0.05) is 37.7 Å². The van der Waals surface area contributed by atoms with E-state index in [1.807, 2.05) is 24.3 Å². The number of carbonyl (C=O) groups is 3. The van der Waals surface area contributed by atoms with E-state index in [1.54, 1.807) is 36.1 Å². The van der Waals surface area contributed by atoms with E-state index in [-0.39, 0.29) is 5.91 Å². The normalized spacial score (nSPS) is 18.1. The Labute approximate surface area is 174 Å². The molecule has 2 aliphatic rings. The van der Waals surface area contributed by atoms with Crippen molar-refractivity contribution in [3.63, 3.8) is 0 Å². The number of amides is 3. The lowest BCUT2D eigenvalue weighted by molar-refractivity contribution is -0.136. The Bertz CT molecular complexity index is 917. The van der Waals surface area contributed by atoms with Gasteiger partial charge in [-0.25, -0.2) is 0 Å². The van der Waals surface area contributed by atoms with Crippen LogP contribution in [0.5, 0.6) is 0 Å². The fourth-order valence-corrected chi connectivity index (χ4v) is 4.03. The van der Waals surface area contributed by atoms with Crippen molar-refractivity contribution in [3.8, 4) is 0 Å². The monoisotopic (exact) mass is 411 g/mol. The summed E-state index contributed by atoms with van der Waals surface area (Å²) in [5.74, 6) is -0.980. The maximum absolute atomic E-state index is 13.0. The second-order valence-corrected chi connectivity index (χ2v) is 7.87. The molecular formula is C22H22ClN3O3. The number of piperazine rings is 1. The van der Waals surface area contributed by atoms with E-state index >= 15 is 0 Å². The predicted octanol–water partition coefficient (Wildman–Crippen LogP) is 2.67. The van der Waals surface area contributed by atoms with Crippen molar-refractivity contribution < 1.29 is 14.4 Å². The van der Waals surface area contributed by atoms with Crippen LogP contribution in [0.25, 0.3) is 0 Å². The van der Waals surface area contributed by atoms with Gasteiger partial charge in [0.05, 0.1) is 11.1 Å². The van der Waals surface area contributed by atoms with Crippen LogP contribution in [0.15, 0.2) is 48.5 Å². The first-order valence-corrected chi connectivity index (χ1v) is 10.1. The molecule has 0 N–H and O–H groups in total. The molecule has 4 rings (SSSR count). The summed E-state index contributed by atoms with van der Waals surface area (Å²) in [6.45, 7) is 5.05. The Kier molecular flexibility index (Phi) is 5.39. The minimum atomic E-state index is -0.815. The molecule has 1 atom stereocenters. The molecule has 2 aromatic carbocycles. The summed E-state index contributed by atoms with van der Waals surface area (Å²) >= 11 is 5.93. The standard InChI is InChI=1S/C22H22ClN3O3/c1-15(26-21(28)18-4-2-3-5-19(18)22(26)29)20(27)25-12-10-24(11-13-25)14-16-6-8-17(23)9-7-16/h2-9,15H,10-14H2,1H3. The van der Waals surface area contributed by atoms with Gasteiger partial charge in [0.1, 0.15) is 6.04 Å². The lowest BCUT2D eigenvalue weighted by Gasteiger charge is -2.37. The molecular weight excluding hydrogens is 390 g/mol. The smallest absolute Gasteiger partial charge is 0.262 e. The van der Waals surface area contributed by atoms with Crippen LogP contribution >= 0.6 is 11.6 Å². The van der Waals surface area contributed by atoms with Crippen LogP contribution in [0, 0.1) is 0 Å². The molecule has 0 aliphatic carbocycles. The van der Waals surface area contributed by atoms with Gasteiger partial charge in [0.15, 0.2) is 0 Å². The zero-order valence-electron chi connectivity index (χ0n) is 16.2. The second kappa shape index (κ2) is 7.97. The van der Waals surface area contributed by atoms with Crippen molar-refractivity contribution in [2.75, 3.05) is 26.2 Å². The highest BCUT2D eigenvalue weighted by molar-refractivity contribution is 6.30. The van der Waals surface area contributed by atoms with Crippen LogP contribution in [0.3, 0.4) is 0 Å². The maximum Gasteiger partial charge on any atom is 0.262 e. The summed E-state index contributed by atoms with van der Waals surface area (Å²) in [6.07, 6.45) is 0. The van der Waals surface area contributed by atoms with E-state index < -0.39 is 17.9 Å². The SMILES string of the molecule is CC(C(=O)N1CCN(Cc2ccc(Cl)cc2)CC1)N1C(=O)c2ccccc2C1=O. The molecule has 0 aromatic heterocycles. The summed E-state index contributed by atoms with van der Waals surface area (Å²) in [7, 11) is 0. The summed E-state index contributed by atoms with van der Waals surface area (Å²) in [6, 6.07) is 13.6. The van der Waals surface area contributed by atoms with Crippen LogP contribution in [0.4, 0.5) is 0 Å². The highest BCUT2D eigenvalue weighted by Gasteiger charge is 2.42. The summed E-state index contributed by atoms with van der Waals surface area (Å²) in [5, 5.41) is 0.714. The van der Waals surface area contributed by atoms with Gasteiger partial charge in [-0.05, 0) is 36.8 Å². The number of rotatable bonds is 4. The molecule has 2 heterocycles. The number of hydrogen-bond donors (Lipinski definition) is 0. The average molecular weight is 412 g/mol. The summed E-state index contributed by atoms with van der Waals surface area (Å²) in [4.78, 5) is 43.4. The first kappa shape index (κ1) is 19.6. The van der Waals surface area contributed by atoms with E-state index in [1.165, 1.54) is 5.56 Å². The summed E-state index contributed by atoms with van der Waals surface area (Å²) in [5.41, 5.74) is 1.91. The van der Waals surface area contributed by atoms with E-state index in [0.29, 0.717) is 29.2 Å². The number of imide groups is 1. The third kappa shape index (κ3) is 3.78. The minimum absolute atomic E-state index is 0.189. The second-order valence-electron chi connectivity index (χ2n) is 7.43. The Balaban J connectivity index is 1.37. The van der Waals surface area contributed by atoms with Gasteiger partial charge < -0.3 is 4.90 Å². The number of fused-ring (bicyclic) bond motifs is 1. The number of hydrogen-bond acceptors (Lipinski definition) is 4. The molecule has 0 saturated carbocycles. The quantitative estimate of drug-likeness (QED) is 0.726. The molecule has 1 fully saturated rings. The number of carbonyl (C=O) groups excluding carboxylic acids is 3. The molecule has 2 aromatic rings. The van der Waals surface area contributed by atoms with Crippen molar-refractivity contribution in [2.45, 2.75) is 19.5 Å². The third-order valence-corrected chi connectivity index (χ3v) is 5.83. The van der Waals surface area contributed by atoms with E-state index in [9.17, 15) is 14.4 Å². The fourth-order valence-electron chi connectivity index (χ4n) is 3.91. The lowest BCUT2D eigenvalue weighted by atomic mass is 10.1. The first-order valence-electron chi connectivity index (χ1n) is 9.68. The highest BCUT2D eigenvalue weighted by atomic mass is 35.5. The van der Waals surface area contributed by atoms with Gasteiger partial charge in [0.25, 0.3) is 11.8 Å². The Morgan fingerprint density at radius 3 is 2.03 bits per heavy atom. The molecule has 29 heavy (non-hydrogen) atoms. The molecule has 150 valence electrons. The zero-order chi connectivity index (χ0) is 20.5. The first-order chi connectivity index (χ1) is 14.0. The number of halogens is 1. The van der Waals surface area contributed by atoms with E-state index in [4.69, 9.17) is 11.6 Å². The number of nitrogens with zero attached hydrogens (tertiary/aromatic N) is 3. The molecule has 0 spiro atoms. The van der Waals surface area contributed by atoms with Gasteiger partial charge >= 0.3 is 0 Å². The fraction of sp³-hybridized carbons (Fsp3) is 0.318. The number of benzene rings is 2. The Morgan fingerprint density at radius 2 is 1.48 bits per heavy atom. The molecule has 3 amide bonds. The van der Waals surface area contributed by atoms with Crippen molar-refractivity contribution in [3.05, 3.63) is 70.2 Å². The van der Waals surface area contributed by atoms with Crippen LogP contribution in [-0.4, -0.2) is 64.6 Å². The van der Waals surface area contributed by atoms with Crippen LogP contribution < -0.4 is 0 Å². The van der Waals surface area contributed by atoms with Gasteiger partial charge in [-0.3, -0.25) is 24.2 Å². The van der Waals surface area contributed by atoms with Gasteiger partial charge in [-0.15, -0.1) is 0 Å². The van der Waals surface area contributed by atoms with Crippen molar-refractivity contribution >= 4 is 29.3 Å². The average Bonchev–Trinajstić information content (AvgIpc) is 3.00. The third-order valence-electron chi connectivity index (χ3n) is 5.57. The molecule has 2 aliphatic heterocycles. The topological polar surface area (TPSA) is 60.9 Å². The van der Waals surface area contributed by atoms with Crippen molar-refractivity contribution in [1.82, 2.24) is 14.7 Å². The molecule has 1 saturated heterocycles. The van der Waals surface area contributed by atoms with Crippen LogP contribution in [0.2, 0.25) is 5.02 Å². The van der Waals surface area contributed by atoms with Crippen molar-refractivity contribution in [1.29, 1.82) is 0 Å². The summed E-state index contributed by atoms with van der Waals surface area (Å²) < 4.78 is 0. The van der Waals surface area contributed by atoms with Crippen LogP contribution in [0.1, 0.15) is 33.2 Å². The zero-order valence-corrected chi connectivity index (χ0v) is 16.9. The van der Waals surface area contributed by atoms with E-state index in [2.05, 4.69) is 4.90 Å². The maximum atomic E-state index is 13.0. The Hall–Kier alpha value is -2.70. The molecule has 0 bridgehead atoms. The van der Waals surface area contributed by atoms with Gasteiger partial charge in [-0.1, -0.05) is 35.9 Å². The van der Waals surface area contributed by atoms with Crippen molar-refractivity contribution in [2.24, 2.45) is 0 Å².